The molecule has 2 aliphatic heterocycles. The number of ketones is 1. The highest BCUT2D eigenvalue weighted by Gasteiger charge is 2.45. The Labute approximate surface area is 280 Å². The lowest BCUT2D eigenvalue weighted by atomic mass is 10.0. The maximum Gasteiger partial charge on any atom is 0.341 e. The van der Waals surface area contributed by atoms with E-state index in [2.05, 4.69) is 10.6 Å². The topological polar surface area (TPSA) is 179 Å². The van der Waals surface area contributed by atoms with E-state index in [0.29, 0.717) is 12.8 Å². The monoisotopic (exact) mass is 688 g/mol. The van der Waals surface area contributed by atoms with Crippen molar-refractivity contribution in [1.82, 2.24) is 20.7 Å². The van der Waals surface area contributed by atoms with Crippen molar-refractivity contribution in [3.8, 4) is 0 Å². The van der Waals surface area contributed by atoms with E-state index in [4.69, 9.17) is 27.9 Å². The fraction of sp³-hybridized carbons (Fsp3) is 0.406. The molecule has 0 saturated carbocycles. The highest BCUT2D eigenvalue weighted by molar-refractivity contribution is 6.39. The molecule has 3 atom stereocenters. The van der Waals surface area contributed by atoms with Gasteiger partial charge >= 0.3 is 11.9 Å². The molecule has 0 radical (unpaired) electrons. The summed E-state index contributed by atoms with van der Waals surface area (Å²) < 4.78 is 5.09. The molecule has 4 amide bonds. The number of amides is 4. The van der Waals surface area contributed by atoms with Gasteiger partial charge in [-0.25, -0.2) is 9.80 Å². The van der Waals surface area contributed by atoms with Gasteiger partial charge in [0.1, 0.15) is 12.1 Å². The number of carboxylic acids is 1. The summed E-state index contributed by atoms with van der Waals surface area (Å²) >= 11 is 12.1. The molecule has 2 aromatic rings. The number of aryl methyl sites for hydroxylation is 1. The maximum atomic E-state index is 13.8. The number of ether oxygens (including phenoxy) is 1. The first-order valence-corrected chi connectivity index (χ1v) is 15.8. The van der Waals surface area contributed by atoms with Crippen molar-refractivity contribution in [1.29, 1.82) is 0 Å². The molecule has 0 aliphatic carbocycles. The molecule has 4 rings (SSSR count). The molecule has 47 heavy (non-hydrogen) atoms. The number of aliphatic carboxylic acids is 1. The molecule has 2 fully saturated rings. The number of hydrogen-bond acceptors (Lipinski definition) is 8. The van der Waals surface area contributed by atoms with Crippen LogP contribution in [0.1, 0.15) is 60.9 Å². The van der Waals surface area contributed by atoms with Crippen LogP contribution >= 0.6 is 23.2 Å². The zero-order valence-corrected chi connectivity index (χ0v) is 26.8. The fourth-order valence-electron chi connectivity index (χ4n) is 5.43. The van der Waals surface area contributed by atoms with E-state index in [1.165, 1.54) is 23.2 Å². The molecular formula is C32H34Cl2N4O9. The van der Waals surface area contributed by atoms with Gasteiger partial charge in [-0.15, -0.1) is 0 Å². The van der Waals surface area contributed by atoms with Crippen molar-refractivity contribution < 1.29 is 43.4 Å². The third-order valence-electron chi connectivity index (χ3n) is 7.85. The van der Waals surface area contributed by atoms with Crippen molar-refractivity contribution in [2.45, 2.75) is 69.5 Å². The number of nitrogens with one attached hydrogen (secondary N) is 2. The fourth-order valence-corrected chi connectivity index (χ4v) is 5.98. The largest absolute Gasteiger partial charge is 0.481 e. The Kier molecular flexibility index (Phi) is 12.3. The van der Waals surface area contributed by atoms with Gasteiger partial charge in [-0.3, -0.25) is 33.8 Å². The summed E-state index contributed by atoms with van der Waals surface area (Å²) in [4.78, 5) is 90.3. The summed E-state index contributed by atoms with van der Waals surface area (Å²) in [6, 6.07) is 9.95. The zero-order valence-electron chi connectivity index (χ0n) is 25.3. The summed E-state index contributed by atoms with van der Waals surface area (Å²) in [5, 5.41) is 16.7. The Bertz CT molecular complexity index is 1520. The first-order valence-electron chi connectivity index (χ1n) is 15.1. The molecule has 3 N–H and O–H groups in total. The molecule has 0 unspecified atom stereocenters. The number of Topliss-reactive ketones (excluding diaryl/α,β-unsaturated/α-hetero) is 1. The van der Waals surface area contributed by atoms with Crippen molar-refractivity contribution in [3.63, 3.8) is 0 Å². The van der Waals surface area contributed by atoms with Crippen LogP contribution in [0.5, 0.6) is 0 Å². The van der Waals surface area contributed by atoms with Gasteiger partial charge in [0.25, 0.3) is 5.91 Å². The number of nitrogens with zero attached hydrogens (tertiary/aromatic N) is 2. The second-order valence-corrected chi connectivity index (χ2v) is 11.9. The van der Waals surface area contributed by atoms with Gasteiger partial charge in [0.15, 0.2) is 12.4 Å². The Balaban J connectivity index is 1.45. The lowest BCUT2D eigenvalue weighted by Gasteiger charge is -2.43. The van der Waals surface area contributed by atoms with Crippen LogP contribution in [0.25, 0.3) is 0 Å². The van der Waals surface area contributed by atoms with Gasteiger partial charge in [-0.05, 0) is 49.8 Å². The van der Waals surface area contributed by atoms with Crippen LogP contribution in [-0.4, -0.2) is 87.8 Å². The van der Waals surface area contributed by atoms with Crippen LogP contribution in [0.4, 0.5) is 0 Å². The number of rotatable bonds is 13. The number of carbonyl (C=O) groups excluding carboxylic acids is 6. The van der Waals surface area contributed by atoms with Crippen molar-refractivity contribution in [3.05, 3.63) is 69.7 Å². The molecule has 250 valence electrons. The minimum atomic E-state index is -1.41. The SMILES string of the molecule is O=C(O)CC[C@H](NC(=O)[C@@H]1CCCN2C(=O)CC[C@H](NC(=O)CCc3ccccc3)C(=O)N12)C(=O)COC(=O)c1c(Cl)cccc1Cl. The van der Waals surface area contributed by atoms with Crippen LogP contribution in [0, 0.1) is 0 Å². The summed E-state index contributed by atoms with van der Waals surface area (Å²) in [5.41, 5.74) is 0.779. The third kappa shape index (κ3) is 9.29. The van der Waals surface area contributed by atoms with Crippen molar-refractivity contribution in [2.75, 3.05) is 13.2 Å². The minimum Gasteiger partial charge on any atom is -0.481 e. The van der Waals surface area contributed by atoms with Gasteiger partial charge in [-0.1, -0.05) is 59.6 Å². The van der Waals surface area contributed by atoms with Crippen LogP contribution in [0.2, 0.25) is 10.0 Å². The molecule has 2 aliphatic rings. The second-order valence-electron chi connectivity index (χ2n) is 11.1. The Hall–Kier alpha value is -4.49. The van der Waals surface area contributed by atoms with Gasteiger partial charge in [0.05, 0.1) is 21.7 Å². The van der Waals surface area contributed by atoms with E-state index in [9.17, 15) is 38.7 Å². The molecule has 15 heteroatoms. The van der Waals surface area contributed by atoms with E-state index in [1.807, 2.05) is 30.3 Å². The zero-order chi connectivity index (χ0) is 34.1. The lowest BCUT2D eigenvalue weighted by molar-refractivity contribution is -0.176. The molecule has 0 aromatic heterocycles. The first kappa shape index (κ1) is 35.4. The smallest absolute Gasteiger partial charge is 0.341 e. The van der Waals surface area contributed by atoms with Crippen LogP contribution in [0.3, 0.4) is 0 Å². The molecule has 2 heterocycles. The molecule has 0 bridgehead atoms. The van der Waals surface area contributed by atoms with Crippen molar-refractivity contribution in [2.24, 2.45) is 0 Å². The Morgan fingerprint density at radius 1 is 0.957 bits per heavy atom. The average Bonchev–Trinajstić information content (AvgIpc) is 3.16. The van der Waals surface area contributed by atoms with Gasteiger partial charge in [-0.2, -0.15) is 0 Å². The molecule has 2 aromatic carbocycles. The summed E-state index contributed by atoms with van der Waals surface area (Å²) in [7, 11) is 0. The highest BCUT2D eigenvalue weighted by atomic mass is 35.5. The van der Waals surface area contributed by atoms with Crippen LogP contribution < -0.4 is 10.6 Å². The van der Waals surface area contributed by atoms with E-state index in [1.54, 1.807) is 0 Å². The number of halogens is 2. The number of hydrazine groups is 1. The summed E-state index contributed by atoms with van der Waals surface area (Å²) in [6.45, 7) is -0.662. The number of esters is 1. The first-order chi connectivity index (χ1) is 22.5. The van der Waals surface area contributed by atoms with Gasteiger partial charge < -0.3 is 20.5 Å². The number of carbonyl (C=O) groups is 7. The molecule has 13 nitrogen and oxygen atoms in total. The summed E-state index contributed by atoms with van der Waals surface area (Å²) in [6.07, 6.45) is 0.207. The van der Waals surface area contributed by atoms with Gasteiger partial charge in [0.2, 0.25) is 17.7 Å². The van der Waals surface area contributed by atoms with Gasteiger partial charge in [0, 0.05) is 25.8 Å². The van der Waals surface area contributed by atoms with E-state index in [-0.39, 0.29) is 54.3 Å². The molecule has 0 spiro atoms. The predicted octanol–water partition coefficient (Wildman–Crippen LogP) is 2.71. The van der Waals surface area contributed by atoms with E-state index < -0.39 is 72.5 Å². The minimum absolute atomic E-state index is 0.00474. The van der Waals surface area contributed by atoms with E-state index >= 15 is 0 Å². The van der Waals surface area contributed by atoms with E-state index in [0.717, 1.165) is 10.6 Å². The molecule has 2 saturated heterocycles. The average molecular weight is 690 g/mol. The molecular weight excluding hydrogens is 655 g/mol. The van der Waals surface area contributed by atoms with Crippen molar-refractivity contribution >= 4 is 64.6 Å². The lowest BCUT2D eigenvalue weighted by Crippen LogP contribution is -2.64. The third-order valence-corrected chi connectivity index (χ3v) is 8.48. The number of fused-ring (bicyclic) bond motifs is 1. The summed E-state index contributed by atoms with van der Waals surface area (Å²) in [5.74, 6) is -5.30. The Morgan fingerprint density at radius 3 is 2.34 bits per heavy atom. The number of benzene rings is 2. The maximum absolute atomic E-state index is 13.8. The standard InChI is InChI=1S/C32H34Cl2N4O9/c33-20-8-4-9-21(34)29(20)32(46)47-18-25(39)22(13-16-28(42)43)36-30(44)24-10-5-17-37-27(41)15-12-23(31(45)38(24)37)35-26(40)14-11-19-6-2-1-3-7-19/h1-4,6-9,22-24H,5,10-18H2,(H,35,40)(H,36,44)(H,42,43)/t22-,23-,24-/m0/s1. The number of hydrogen-bond donors (Lipinski definition) is 3. The van der Waals surface area contributed by atoms with Crippen LogP contribution in [-0.2, 0) is 39.9 Å². The normalized spacial score (nSPS) is 18.4. The second kappa shape index (κ2) is 16.4. The number of carboxylic acid groups (broad SMARTS) is 1. The Morgan fingerprint density at radius 2 is 1.66 bits per heavy atom. The quantitative estimate of drug-likeness (QED) is 0.267. The predicted molar refractivity (Wildman–Crippen MR) is 168 cm³/mol. The van der Waals surface area contributed by atoms with Crippen LogP contribution in [0.15, 0.2) is 48.5 Å². The highest BCUT2D eigenvalue weighted by Crippen LogP contribution is 2.26.